The summed E-state index contributed by atoms with van der Waals surface area (Å²) in [5.41, 5.74) is 1.22. The quantitative estimate of drug-likeness (QED) is 0.245. The van der Waals surface area contributed by atoms with Crippen molar-refractivity contribution in [2.24, 2.45) is 0 Å². The summed E-state index contributed by atoms with van der Waals surface area (Å²) in [4.78, 5) is 41.1. The van der Waals surface area contributed by atoms with Crippen molar-refractivity contribution >= 4 is 38.8 Å². The maximum Gasteiger partial charge on any atom is 0.320 e. The SMILES string of the molecule is C#CCNC(=O)CNC(=O)CN(C1CCN(C(C)c2cccc3ccccc23)CC1)S(=O)(=O)N1CCN(CC(=O)OCC)CC1. The molecule has 0 radical (unpaired) electrons. The van der Waals surface area contributed by atoms with Crippen LogP contribution in [0.1, 0.15) is 38.3 Å². The van der Waals surface area contributed by atoms with Crippen LogP contribution in [-0.4, -0.2) is 123 Å². The van der Waals surface area contributed by atoms with Gasteiger partial charge in [0.2, 0.25) is 11.8 Å². The van der Waals surface area contributed by atoms with E-state index < -0.39 is 34.6 Å². The van der Waals surface area contributed by atoms with Crippen LogP contribution in [0.4, 0.5) is 0 Å². The lowest BCUT2D eigenvalue weighted by Gasteiger charge is -2.42. The molecular weight excluding hydrogens is 596 g/mol. The summed E-state index contributed by atoms with van der Waals surface area (Å²) in [5, 5.41) is 7.38. The molecule has 2 heterocycles. The number of nitrogens with one attached hydrogen (secondary N) is 2. The first-order valence-electron chi connectivity index (χ1n) is 15.5. The van der Waals surface area contributed by atoms with E-state index in [-0.39, 0.29) is 51.3 Å². The van der Waals surface area contributed by atoms with E-state index in [1.54, 1.807) is 6.92 Å². The number of likely N-dealkylation sites (tertiary alicyclic amines) is 1. The Kier molecular flexibility index (Phi) is 12.3. The zero-order valence-electron chi connectivity index (χ0n) is 26.1. The number of fused-ring (bicyclic) bond motifs is 1. The van der Waals surface area contributed by atoms with Gasteiger partial charge in [-0.15, -0.1) is 6.42 Å². The van der Waals surface area contributed by atoms with Crippen LogP contribution in [0.3, 0.4) is 0 Å². The molecule has 0 aromatic heterocycles. The zero-order chi connectivity index (χ0) is 32.4. The van der Waals surface area contributed by atoms with Gasteiger partial charge in [0.1, 0.15) is 0 Å². The van der Waals surface area contributed by atoms with Crippen molar-refractivity contribution in [2.45, 2.75) is 38.8 Å². The predicted molar refractivity (Wildman–Crippen MR) is 172 cm³/mol. The summed E-state index contributed by atoms with van der Waals surface area (Å²) in [7, 11) is -4.03. The summed E-state index contributed by atoms with van der Waals surface area (Å²) in [6.45, 7) is 6.05. The Morgan fingerprint density at radius 2 is 1.69 bits per heavy atom. The molecule has 4 rings (SSSR count). The third-order valence-corrected chi connectivity index (χ3v) is 10.5. The van der Waals surface area contributed by atoms with Crippen LogP contribution in [-0.2, 0) is 29.3 Å². The monoisotopic (exact) mass is 640 g/mol. The highest BCUT2D eigenvalue weighted by molar-refractivity contribution is 7.86. The molecule has 0 spiro atoms. The second-order valence-electron chi connectivity index (χ2n) is 11.3. The number of esters is 1. The molecule has 2 saturated heterocycles. The first-order chi connectivity index (χ1) is 21.6. The number of piperazine rings is 1. The number of amides is 2. The van der Waals surface area contributed by atoms with Crippen molar-refractivity contribution in [1.29, 1.82) is 0 Å². The van der Waals surface area contributed by atoms with E-state index in [1.165, 1.54) is 24.9 Å². The van der Waals surface area contributed by atoms with Gasteiger partial charge < -0.3 is 15.4 Å². The van der Waals surface area contributed by atoms with Gasteiger partial charge in [0.25, 0.3) is 10.2 Å². The summed E-state index contributed by atoms with van der Waals surface area (Å²) in [6.07, 6.45) is 6.27. The molecule has 244 valence electrons. The highest BCUT2D eigenvalue weighted by Crippen LogP contribution is 2.31. The van der Waals surface area contributed by atoms with E-state index >= 15 is 0 Å². The first kappa shape index (κ1) is 34.3. The van der Waals surface area contributed by atoms with Gasteiger partial charge in [0, 0.05) is 51.4 Å². The van der Waals surface area contributed by atoms with Gasteiger partial charge >= 0.3 is 5.97 Å². The molecule has 0 saturated carbocycles. The second-order valence-corrected chi connectivity index (χ2v) is 13.2. The number of ether oxygens (including phenoxy) is 1. The number of hydrogen-bond acceptors (Lipinski definition) is 8. The van der Waals surface area contributed by atoms with Gasteiger partial charge in [-0.25, -0.2) is 0 Å². The van der Waals surface area contributed by atoms with Crippen molar-refractivity contribution in [3.63, 3.8) is 0 Å². The number of rotatable bonds is 13. The largest absolute Gasteiger partial charge is 0.465 e. The number of carbonyl (C=O) groups is 3. The Bertz CT molecular complexity index is 1470. The molecule has 45 heavy (non-hydrogen) atoms. The topological polar surface area (TPSA) is 132 Å². The number of carbonyl (C=O) groups excluding carboxylic acids is 3. The summed E-state index contributed by atoms with van der Waals surface area (Å²) in [6, 6.07) is 14.3. The van der Waals surface area contributed by atoms with E-state index in [1.807, 2.05) is 17.0 Å². The van der Waals surface area contributed by atoms with E-state index in [4.69, 9.17) is 11.2 Å². The standard InChI is InChI=1S/C32H44N6O6S/c1-4-15-33-30(39)22-34-31(40)23-38(45(42,43)37-20-18-35(19-21-37)24-32(41)44-5-2)27-13-16-36(17-14-27)25(3)28-12-8-10-26-9-6-7-11-29(26)28/h1,6-12,25,27H,5,13-24H2,2-3H3,(H,33,39)(H,34,40). The third-order valence-electron chi connectivity index (χ3n) is 8.47. The summed E-state index contributed by atoms with van der Waals surface area (Å²) in [5.74, 6) is 0.930. The molecule has 2 fully saturated rings. The smallest absolute Gasteiger partial charge is 0.320 e. The Morgan fingerprint density at radius 3 is 2.38 bits per heavy atom. The van der Waals surface area contributed by atoms with Crippen LogP contribution < -0.4 is 10.6 Å². The van der Waals surface area contributed by atoms with Gasteiger partial charge in [0.15, 0.2) is 0 Å². The van der Waals surface area contributed by atoms with Crippen molar-refractivity contribution in [1.82, 2.24) is 29.0 Å². The predicted octanol–water partition coefficient (Wildman–Crippen LogP) is 0.958. The van der Waals surface area contributed by atoms with Crippen LogP contribution in [0, 0.1) is 12.3 Å². The summed E-state index contributed by atoms with van der Waals surface area (Å²) < 4.78 is 35.8. The van der Waals surface area contributed by atoms with E-state index in [0.29, 0.717) is 39.0 Å². The molecule has 0 bridgehead atoms. The first-order valence-corrected chi connectivity index (χ1v) is 16.9. The van der Waals surface area contributed by atoms with Crippen molar-refractivity contribution < 1.29 is 27.5 Å². The van der Waals surface area contributed by atoms with E-state index in [0.717, 1.165) is 0 Å². The number of nitrogens with zero attached hydrogens (tertiary/aromatic N) is 4. The van der Waals surface area contributed by atoms with Crippen LogP contribution >= 0.6 is 0 Å². The molecule has 2 N–H and O–H groups in total. The average Bonchev–Trinajstić information content (AvgIpc) is 3.05. The Hall–Kier alpha value is -3.54. The average molecular weight is 641 g/mol. The van der Waals surface area contributed by atoms with Crippen LogP contribution in [0.15, 0.2) is 42.5 Å². The fourth-order valence-electron chi connectivity index (χ4n) is 6.02. The van der Waals surface area contributed by atoms with E-state index in [2.05, 4.69) is 58.7 Å². The van der Waals surface area contributed by atoms with Gasteiger partial charge in [-0.1, -0.05) is 48.4 Å². The van der Waals surface area contributed by atoms with Crippen molar-refractivity contribution in [3.05, 3.63) is 48.0 Å². The molecule has 2 aromatic rings. The Morgan fingerprint density at radius 1 is 1.00 bits per heavy atom. The molecule has 2 aliphatic rings. The van der Waals surface area contributed by atoms with E-state index in [9.17, 15) is 22.8 Å². The van der Waals surface area contributed by atoms with Crippen LogP contribution in [0.5, 0.6) is 0 Å². The fourth-order valence-corrected chi connectivity index (χ4v) is 7.81. The van der Waals surface area contributed by atoms with Gasteiger partial charge in [0.05, 0.1) is 32.8 Å². The molecular formula is C32H44N6O6S. The van der Waals surface area contributed by atoms with Gasteiger partial charge in [-0.05, 0) is 43.0 Å². The molecule has 2 amide bonds. The number of benzene rings is 2. The van der Waals surface area contributed by atoms with Gasteiger partial charge in [-0.3, -0.25) is 24.2 Å². The second kappa shape index (κ2) is 16.1. The summed E-state index contributed by atoms with van der Waals surface area (Å²) >= 11 is 0. The van der Waals surface area contributed by atoms with Crippen LogP contribution in [0.2, 0.25) is 0 Å². The third kappa shape index (κ3) is 9.02. The van der Waals surface area contributed by atoms with Crippen molar-refractivity contribution in [3.8, 4) is 12.3 Å². The molecule has 2 aliphatic heterocycles. The molecule has 1 unspecified atom stereocenters. The lowest BCUT2D eigenvalue weighted by Crippen LogP contribution is -2.58. The number of piperidine rings is 1. The molecule has 12 nitrogen and oxygen atoms in total. The van der Waals surface area contributed by atoms with Crippen LogP contribution in [0.25, 0.3) is 10.8 Å². The highest BCUT2D eigenvalue weighted by atomic mass is 32.2. The minimum Gasteiger partial charge on any atom is -0.465 e. The molecule has 2 aromatic carbocycles. The minimum absolute atomic E-state index is 0.0348. The minimum atomic E-state index is -4.03. The zero-order valence-corrected chi connectivity index (χ0v) is 26.9. The van der Waals surface area contributed by atoms with Crippen molar-refractivity contribution in [2.75, 3.05) is 72.1 Å². The lowest BCUT2D eigenvalue weighted by molar-refractivity contribution is -0.144. The molecule has 1 atom stereocenters. The fraction of sp³-hybridized carbons (Fsp3) is 0.531. The maximum atomic E-state index is 14.1. The number of hydrogen-bond donors (Lipinski definition) is 2. The lowest BCUT2D eigenvalue weighted by atomic mass is 9.96. The Balaban J connectivity index is 1.45. The Labute approximate surface area is 266 Å². The molecule has 0 aliphatic carbocycles. The maximum absolute atomic E-state index is 14.1. The molecule has 13 heteroatoms. The normalized spacial score (nSPS) is 17.9. The van der Waals surface area contributed by atoms with Gasteiger partial charge in [-0.2, -0.15) is 17.0 Å². The highest BCUT2D eigenvalue weighted by Gasteiger charge is 2.40. The number of terminal acetylenes is 1.